The summed E-state index contributed by atoms with van der Waals surface area (Å²) in [5.74, 6) is 0. The molecule has 2 aromatic rings. The van der Waals surface area contributed by atoms with E-state index < -0.39 is 5.60 Å². The second-order valence-electron chi connectivity index (χ2n) is 6.15. The summed E-state index contributed by atoms with van der Waals surface area (Å²) in [5, 5.41) is 22.8. The fourth-order valence-corrected chi connectivity index (χ4v) is 2.89. The fraction of sp³-hybridized carbons (Fsp3) is 0.562. The van der Waals surface area contributed by atoms with Crippen LogP contribution in [0.1, 0.15) is 11.3 Å². The van der Waals surface area contributed by atoms with Gasteiger partial charge < -0.3 is 20.5 Å². The number of aromatic nitrogens is 2. The Morgan fingerprint density at radius 2 is 2.36 bits per heavy atom. The normalized spacial score (nSPS) is 22.9. The Kier molecular flexibility index (Phi) is 4.44. The number of ether oxygens (including phenoxy) is 1. The topological polar surface area (TPSA) is 71.3 Å². The third-order valence-corrected chi connectivity index (χ3v) is 4.08. The summed E-state index contributed by atoms with van der Waals surface area (Å²) in [6, 6.07) is 6.35. The van der Waals surface area contributed by atoms with Crippen molar-refractivity contribution in [2.45, 2.75) is 19.1 Å². The standard InChI is InChI=1S/C16H24N4O2/c1-12-3-4-15-13(7-12)14(19-20(15)2)8-18-10-16(21)9-17-5-6-22-11-16/h3-4,7,17-18,21H,5-6,8-11H2,1-2H3. The maximum absolute atomic E-state index is 10.5. The zero-order valence-electron chi connectivity index (χ0n) is 13.2. The number of benzene rings is 1. The number of hydrogen-bond donors (Lipinski definition) is 3. The van der Waals surface area contributed by atoms with Gasteiger partial charge in [-0.3, -0.25) is 4.68 Å². The van der Waals surface area contributed by atoms with Gasteiger partial charge in [0.1, 0.15) is 5.60 Å². The van der Waals surface area contributed by atoms with Gasteiger partial charge in [-0.05, 0) is 19.1 Å². The lowest BCUT2D eigenvalue weighted by Gasteiger charge is -2.25. The summed E-state index contributed by atoms with van der Waals surface area (Å²) in [7, 11) is 1.96. The molecule has 0 bridgehead atoms. The van der Waals surface area contributed by atoms with Gasteiger partial charge >= 0.3 is 0 Å². The molecule has 22 heavy (non-hydrogen) atoms. The average Bonchev–Trinajstić information content (AvgIpc) is 2.65. The SMILES string of the molecule is Cc1ccc2c(c1)c(CNCC1(O)CNCCOC1)nn2C. The van der Waals surface area contributed by atoms with E-state index in [-0.39, 0.29) is 0 Å². The number of nitrogens with one attached hydrogen (secondary N) is 2. The van der Waals surface area contributed by atoms with E-state index >= 15 is 0 Å². The van der Waals surface area contributed by atoms with Crippen LogP contribution in [0.15, 0.2) is 18.2 Å². The quantitative estimate of drug-likeness (QED) is 0.759. The van der Waals surface area contributed by atoms with Crippen molar-refractivity contribution in [1.29, 1.82) is 0 Å². The van der Waals surface area contributed by atoms with Crippen LogP contribution >= 0.6 is 0 Å². The molecular weight excluding hydrogens is 280 g/mol. The van der Waals surface area contributed by atoms with Crippen LogP contribution in [-0.4, -0.2) is 53.3 Å². The third-order valence-electron chi connectivity index (χ3n) is 4.08. The smallest absolute Gasteiger partial charge is 0.113 e. The van der Waals surface area contributed by atoms with E-state index in [1.165, 1.54) is 5.56 Å². The van der Waals surface area contributed by atoms with Crippen LogP contribution in [0.5, 0.6) is 0 Å². The van der Waals surface area contributed by atoms with Gasteiger partial charge in [0.2, 0.25) is 0 Å². The van der Waals surface area contributed by atoms with Crippen LogP contribution < -0.4 is 10.6 Å². The summed E-state index contributed by atoms with van der Waals surface area (Å²) in [5.41, 5.74) is 2.49. The Hall–Kier alpha value is -1.47. The molecule has 1 aromatic heterocycles. The highest BCUT2D eigenvalue weighted by Gasteiger charge is 2.28. The van der Waals surface area contributed by atoms with Crippen LogP contribution in [-0.2, 0) is 18.3 Å². The molecular formula is C16H24N4O2. The van der Waals surface area contributed by atoms with Gasteiger partial charge in [-0.25, -0.2) is 0 Å². The second kappa shape index (κ2) is 6.34. The Labute approximate surface area is 130 Å². The van der Waals surface area contributed by atoms with Crippen molar-refractivity contribution in [2.24, 2.45) is 7.05 Å². The molecule has 0 amide bonds. The molecule has 0 saturated carbocycles. The summed E-state index contributed by atoms with van der Waals surface area (Å²) >= 11 is 0. The van der Waals surface area contributed by atoms with Gasteiger partial charge in [0, 0.05) is 38.6 Å². The number of rotatable bonds is 4. The van der Waals surface area contributed by atoms with Gasteiger partial charge in [0.25, 0.3) is 0 Å². The van der Waals surface area contributed by atoms with Crippen molar-refractivity contribution in [1.82, 2.24) is 20.4 Å². The van der Waals surface area contributed by atoms with E-state index in [1.54, 1.807) is 0 Å². The minimum absolute atomic E-state index is 0.356. The molecule has 1 aliphatic rings. The first kappa shape index (κ1) is 15.4. The lowest BCUT2D eigenvalue weighted by atomic mass is 10.1. The molecule has 1 unspecified atom stereocenters. The molecule has 1 aliphatic heterocycles. The van der Waals surface area contributed by atoms with Gasteiger partial charge in [0.15, 0.2) is 0 Å². The molecule has 3 rings (SSSR count). The number of hydrogen-bond acceptors (Lipinski definition) is 5. The minimum Gasteiger partial charge on any atom is -0.385 e. The first-order chi connectivity index (χ1) is 10.6. The van der Waals surface area contributed by atoms with E-state index in [2.05, 4.69) is 40.9 Å². The van der Waals surface area contributed by atoms with Crippen LogP contribution in [0.2, 0.25) is 0 Å². The molecule has 1 fully saturated rings. The van der Waals surface area contributed by atoms with Gasteiger partial charge in [-0.1, -0.05) is 11.6 Å². The highest BCUT2D eigenvalue weighted by Crippen LogP contribution is 2.19. The largest absolute Gasteiger partial charge is 0.385 e. The molecule has 0 aliphatic carbocycles. The van der Waals surface area contributed by atoms with Crippen LogP contribution in [0.4, 0.5) is 0 Å². The van der Waals surface area contributed by atoms with Crippen molar-refractivity contribution in [3.63, 3.8) is 0 Å². The molecule has 6 nitrogen and oxygen atoms in total. The number of aryl methyl sites for hydroxylation is 2. The molecule has 1 saturated heterocycles. The maximum Gasteiger partial charge on any atom is 0.113 e. The summed E-state index contributed by atoms with van der Waals surface area (Å²) in [6.07, 6.45) is 0. The average molecular weight is 304 g/mol. The number of β-amino-alcohol motifs (C(OH)–C–C–N with tert-alkyl or cyclic N) is 1. The Balaban J connectivity index is 1.67. The number of nitrogens with zero attached hydrogens (tertiary/aromatic N) is 2. The predicted molar refractivity (Wildman–Crippen MR) is 85.8 cm³/mol. The zero-order chi connectivity index (χ0) is 15.6. The molecule has 6 heteroatoms. The molecule has 2 heterocycles. The molecule has 120 valence electrons. The van der Waals surface area contributed by atoms with E-state index in [1.807, 2.05) is 11.7 Å². The fourth-order valence-electron chi connectivity index (χ4n) is 2.89. The Bertz CT molecular complexity index is 645. The second-order valence-corrected chi connectivity index (χ2v) is 6.15. The maximum atomic E-state index is 10.5. The van der Waals surface area contributed by atoms with E-state index in [0.717, 1.165) is 23.1 Å². The molecule has 1 aromatic carbocycles. The first-order valence-corrected chi connectivity index (χ1v) is 7.71. The zero-order valence-corrected chi connectivity index (χ0v) is 13.2. The monoisotopic (exact) mass is 304 g/mol. The predicted octanol–water partition coefficient (Wildman–Crippen LogP) is 0.322. The number of fused-ring (bicyclic) bond motifs is 1. The van der Waals surface area contributed by atoms with E-state index in [0.29, 0.717) is 32.8 Å². The van der Waals surface area contributed by atoms with Crippen molar-refractivity contribution in [3.05, 3.63) is 29.5 Å². The van der Waals surface area contributed by atoms with Gasteiger partial charge in [0.05, 0.1) is 24.4 Å². The van der Waals surface area contributed by atoms with Gasteiger partial charge in [-0.2, -0.15) is 5.10 Å². The highest BCUT2D eigenvalue weighted by molar-refractivity contribution is 5.82. The highest BCUT2D eigenvalue weighted by atomic mass is 16.5. The third kappa shape index (κ3) is 3.30. The van der Waals surface area contributed by atoms with Crippen molar-refractivity contribution in [2.75, 3.05) is 32.8 Å². The molecule has 3 N–H and O–H groups in total. The van der Waals surface area contributed by atoms with Crippen molar-refractivity contribution < 1.29 is 9.84 Å². The van der Waals surface area contributed by atoms with Crippen molar-refractivity contribution >= 4 is 10.9 Å². The summed E-state index contributed by atoms with van der Waals surface area (Å²) < 4.78 is 7.33. The Morgan fingerprint density at radius 3 is 3.23 bits per heavy atom. The lowest BCUT2D eigenvalue weighted by Crippen LogP contribution is -2.50. The van der Waals surface area contributed by atoms with E-state index in [9.17, 15) is 5.11 Å². The van der Waals surface area contributed by atoms with Gasteiger partial charge in [-0.15, -0.1) is 0 Å². The number of aliphatic hydroxyl groups is 1. The minimum atomic E-state index is -0.864. The Morgan fingerprint density at radius 1 is 1.50 bits per heavy atom. The summed E-state index contributed by atoms with van der Waals surface area (Å²) in [6.45, 7) is 5.52. The summed E-state index contributed by atoms with van der Waals surface area (Å²) in [4.78, 5) is 0. The van der Waals surface area contributed by atoms with Crippen LogP contribution in [0.25, 0.3) is 10.9 Å². The first-order valence-electron chi connectivity index (χ1n) is 7.71. The van der Waals surface area contributed by atoms with Crippen LogP contribution in [0.3, 0.4) is 0 Å². The molecule has 1 atom stereocenters. The molecule has 0 radical (unpaired) electrons. The van der Waals surface area contributed by atoms with E-state index in [4.69, 9.17) is 4.74 Å². The van der Waals surface area contributed by atoms with Crippen LogP contribution in [0, 0.1) is 6.92 Å². The molecule has 0 spiro atoms. The lowest BCUT2D eigenvalue weighted by molar-refractivity contribution is -0.0264. The van der Waals surface area contributed by atoms with Crippen molar-refractivity contribution in [3.8, 4) is 0 Å².